The third-order valence-corrected chi connectivity index (χ3v) is 6.34. The average molecular weight is 407 g/mol. The summed E-state index contributed by atoms with van der Waals surface area (Å²) in [5, 5.41) is 11.6. The van der Waals surface area contributed by atoms with Crippen LogP contribution in [0, 0.1) is 6.92 Å². The van der Waals surface area contributed by atoms with E-state index in [1.165, 1.54) is 24.8 Å². The van der Waals surface area contributed by atoms with Gasteiger partial charge in [0.15, 0.2) is 5.82 Å². The monoisotopic (exact) mass is 406 g/mol. The van der Waals surface area contributed by atoms with Crippen molar-refractivity contribution in [3.63, 3.8) is 0 Å². The van der Waals surface area contributed by atoms with Crippen molar-refractivity contribution in [2.75, 3.05) is 5.32 Å². The van der Waals surface area contributed by atoms with Crippen LogP contribution in [-0.4, -0.2) is 25.9 Å². The smallest absolute Gasteiger partial charge is 0.237 e. The van der Waals surface area contributed by atoms with E-state index < -0.39 is 0 Å². The van der Waals surface area contributed by atoms with E-state index >= 15 is 0 Å². The molecule has 3 aromatic rings. The lowest BCUT2D eigenvalue weighted by Crippen LogP contribution is -2.22. The molecule has 0 unspecified atom stereocenters. The predicted molar refractivity (Wildman–Crippen MR) is 118 cm³/mol. The fraction of sp³-hybridized carbons (Fsp3) is 0.348. The van der Waals surface area contributed by atoms with Gasteiger partial charge in [-0.1, -0.05) is 24.1 Å². The Morgan fingerprint density at radius 1 is 1.03 bits per heavy atom. The number of nitrogens with zero attached hydrogens (tertiary/aromatic N) is 3. The standard InChI is InChI=1S/C23H26N4OS/c1-16-7-13-20(14-8-16)29-17(2)23(28)24-19-11-9-18(10-12-19)22-26-25-21-6-4-3-5-15-27(21)22/h7-14,17H,3-6,15H2,1-2H3,(H,24,28)/t17-/m0/s1. The third kappa shape index (κ3) is 4.70. The quantitative estimate of drug-likeness (QED) is 0.599. The molecular weight excluding hydrogens is 380 g/mol. The molecule has 1 aliphatic rings. The summed E-state index contributed by atoms with van der Waals surface area (Å²) in [6, 6.07) is 16.1. The van der Waals surface area contributed by atoms with Crippen LogP contribution in [0.1, 0.15) is 37.6 Å². The van der Waals surface area contributed by atoms with Crippen molar-refractivity contribution in [3.05, 3.63) is 59.9 Å². The summed E-state index contributed by atoms with van der Waals surface area (Å²) in [7, 11) is 0. The van der Waals surface area contributed by atoms with E-state index in [-0.39, 0.29) is 11.2 Å². The number of carbonyl (C=O) groups is 1. The Morgan fingerprint density at radius 3 is 2.55 bits per heavy atom. The van der Waals surface area contributed by atoms with Crippen LogP contribution in [0.15, 0.2) is 53.4 Å². The summed E-state index contributed by atoms with van der Waals surface area (Å²) in [5.74, 6) is 2.00. The minimum Gasteiger partial charge on any atom is -0.325 e. The first kappa shape index (κ1) is 19.7. The van der Waals surface area contributed by atoms with E-state index in [9.17, 15) is 4.79 Å². The maximum Gasteiger partial charge on any atom is 0.237 e. The van der Waals surface area contributed by atoms with Crippen LogP contribution in [0.5, 0.6) is 0 Å². The molecule has 1 aromatic heterocycles. The zero-order valence-corrected chi connectivity index (χ0v) is 17.7. The number of amides is 1. The molecule has 4 rings (SSSR count). The van der Waals surface area contributed by atoms with E-state index in [1.807, 2.05) is 31.2 Å². The summed E-state index contributed by atoms with van der Waals surface area (Å²) in [4.78, 5) is 13.7. The van der Waals surface area contributed by atoms with Crippen molar-refractivity contribution in [2.24, 2.45) is 0 Å². The molecule has 0 saturated heterocycles. The van der Waals surface area contributed by atoms with Crippen molar-refractivity contribution in [3.8, 4) is 11.4 Å². The van der Waals surface area contributed by atoms with Gasteiger partial charge in [0.1, 0.15) is 5.82 Å². The Kier molecular flexibility index (Phi) is 6.00. The van der Waals surface area contributed by atoms with Crippen LogP contribution in [0.3, 0.4) is 0 Å². The van der Waals surface area contributed by atoms with Crippen LogP contribution < -0.4 is 5.32 Å². The molecule has 6 heteroatoms. The van der Waals surface area contributed by atoms with Gasteiger partial charge >= 0.3 is 0 Å². The van der Waals surface area contributed by atoms with Crippen LogP contribution in [0.25, 0.3) is 11.4 Å². The number of rotatable bonds is 5. The Labute approximate surface area is 175 Å². The fourth-order valence-electron chi connectivity index (χ4n) is 3.52. The minimum atomic E-state index is -0.176. The van der Waals surface area contributed by atoms with Gasteiger partial charge < -0.3 is 9.88 Å². The molecule has 0 spiro atoms. The van der Waals surface area contributed by atoms with Crippen molar-refractivity contribution >= 4 is 23.4 Å². The zero-order chi connectivity index (χ0) is 20.2. The topological polar surface area (TPSA) is 59.8 Å². The van der Waals surface area contributed by atoms with E-state index in [4.69, 9.17) is 0 Å². The van der Waals surface area contributed by atoms with Crippen molar-refractivity contribution in [2.45, 2.75) is 56.2 Å². The molecule has 1 atom stereocenters. The predicted octanol–water partition coefficient (Wildman–Crippen LogP) is 5.10. The SMILES string of the molecule is Cc1ccc(S[C@@H](C)C(=O)Nc2ccc(-c3nnc4n3CCCCC4)cc2)cc1. The minimum absolute atomic E-state index is 0.000306. The van der Waals surface area contributed by atoms with Crippen LogP contribution in [0.2, 0.25) is 0 Å². The van der Waals surface area contributed by atoms with Crippen molar-refractivity contribution in [1.29, 1.82) is 0 Å². The number of aromatic nitrogens is 3. The molecule has 29 heavy (non-hydrogen) atoms. The first-order chi connectivity index (χ1) is 14.1. The molecule has 5 nitrogen and oxygen atoms in total. The fourth-order valence-corrected chi connectivity index (χ4v) is 4.39. The molecule has 0 aliphatic carbocycles. The Bertz CT molecular complexity index is 979. The van der Waals surface area contributed by atoms with Gasteiger partial charge in [-0.15, -0.1) is 22.0 Å². The number of carbonyl (C=O) groups excluding carboxylic acids is 1. The molecule has 2 heterocycles. The molecule has 0 fully saturated rings. The van der Waals surface area contributed by atoms with Gasteiger partial charge in [-0.05, 0) is 63.1 Å². The van der Waals surface area contributed by atoms with E-state index in [2.05, 4.69) is 51.3 Å². The molecule has 0 bridgehead atoms. The number of hydrogen-bond acceptors (Lipinski definition) is 4. The number of aryl methyl sites for hydroxylation is 2. The molecule has 150 valence electrons. The number of fused-ring (bicyclic) bond motifs is 1. The lowest BCUT2D eigenvalue weighted by Gasteiger charge is -2.13. The van der Waals surface area contributed by atoms with Crippen LogP contribution >= 0.6 is 11.8 Å². The van der Waals surface area contributed by atoms with E-state index in [1.54, 1.807) is 11.8 Å². The lowest BCUT2D eigenvalue weighted by atomic mass is 10.2. The normalized spacial score (nSPS) is 14.7. The molecule has 1 amide bonds. The highest BCUT2D eigenvalue weighted by Gasteiger charge is 2.17. The van der Waals surface area contributed by atoms with Gasteiger partial charge in [-0.2, -0.15) is 0 Å². The van der Waals surface area contributed by atoms with Gasteiger partial charge in [0.2, 0.25) is 5.91 Å². The van der Waals surface area contributed by atoms with Crippen molar-refractivity contribution < 1.29 is 4.79 Å². The second-order valence-corrected chi connectivity index (χ2v) is 8.96. The average Bonchev–Trinajstić information content (AvgIpc) is 2.98. The number of thioether (sulfide) groups is 1. The number of nitrogens with one attached hydrogen (secondary N) is 1. The Hall–Kier alpha value is -2.60. The second-order valence-electron chi connectivity index (χ2n) is 7.54. The maximum atomic E-state index is 12.6. The highest BCUT2D eigenvalue weighted by Crippen LogP contribution is 2.26. The lowest BCUT2D eigenvalue weighted by molar-refractivity contribution is -0.115. The number of anilines is 1. The summed E-state index contributed by atoms with van der Waals surface area (Å²) in [6.45, 7) is 4.97. The van der Waals surface area contributed by atoms with Gasteiger partial charge in [0.05, 0.1) is 5.25 Å². The molecule has 1 N–H and O–H groups in total. The summed E-state index contributed by atoms with van der Waals surface area (Å²) < 4.78 is 2.24. The molecule has 0 radical (unpaired) electrons. The van der Waals surface area contributed by atoms with Gasteiger partial charge in [-0.3, -0.25) is 4.79 Å². The van der Waals surface area contributed by atoms with Crippen LogP contribution in [0.4, 0.5) is 5.69 Å². The first-order valence-corrected chi connectivity index (χ1v) is 11.0. The molecule has 1 aliphatic heterocycles. The van der Waals surface area contributed by atoms with Gasteiger partial charge in [0, 0.05) is 29.1 Å². The van der Waals surface area contributed by atoms with Crippen molar-refractivity contribution in [1.82, 2.24) is 14.8 Å². The first-order valence-electron chi connectivity index (χ1n) is 10.2. The highest BCUT2D eigenvalue weighted by molar-refractivity contribution is 8.00. The van der Waals surface area contributed by atoms with E-state index in [0.29, 0.717) is 0 Å². The molecule has 2 aromatic carbocycles. The second kappa shape index (κ2) is 8.82. The van der Waals surface area contributed by atoms with Crippen LogP contribution in [-0.2, 0) is 17.8 Å². The zero-order valence-electron chi connectivity index (χ0n) is 16.9. The summed E-state index contributed by atoms with van der Waals surface area (Å²) in [5.41, 5.74) is 3.05. The Balaban J connectivity index is 1.41. The maximum absolute atomic E-state index is 12.6. The van der Waals surface area contributed by atoms with Gasteiger partial charge in [0.25, 0.3) is 0 Å². The number of benzene rings is 2. The molecular formula is C23H26N4OS. The largest absolute Gasteiger partial charge is 0.325 e. The Morgan fingerprint density at radius 2 is 1.79 bits per heavy atom. The summed E-state index contributed by atoms with van der Waals surface area (Å²) in [6.07, 6.45) is 4.59. The summed E-state index contributed by atoms with van der Waals surface area (Å²) >= 11 is 1.56. The third-order valence-electron chi connectivity index (χ3n) is 5.22. The van der Waals surface area contributed by atoms with Gasteiger partial charge in [-0.25, -0.2) is 0 Å². The number of hydrogen-bond donors (Lipinski definition) is 1. The van der Waals surface area contributed by atoms with E-state index in [0.717, 1.165) is 40.8 Å². The molecule has 0 saturated carbocycles. The highest BCUT2D eigenvalue weighted by atomic mass is 32.2.